The number of hydrogen-bond donors (Lipinski definition) is 0. The molecule has 0 aliphatic carbocycles. The van der Waals surface area contributed by atoms with E-state index in [-0.39, 0.29) is 0 Å². The van der Waals surface area contributed by atoms with Crippen molar-refractivity contribution in [2.24, 2.45) is 0 Å². The van der Waals surface area contributed by atoms with Gasteiger partial charge >= 0.3 is 0 Å². The fraction of sp³-hybridized carbons (Fsp3) is 0. The number of benzene rings is 5. The summed E-state index contributed by atoms with van der Waals surface area (Å²) in [4.78, 5) is 4.72. The molecule has 7 aromatic rings. The molecule has 0 atom stereocenters. The van der Waals surface area contributed by atoms with Gasteiger partial charge in [-0.05, 0) is 51.9 Å². The molecule has 0 amide bonds. The lowest BCUT2D eigenvalue weighted by atomic mass is 9.93. The second-order valence-electron chi connectivity index (χ2n) is 8.40. The summed E-state index contributed by atoms with van der Waals surface area (Å²) < 4.78 is 2.68. The van der Waals surface area contributed by atoms with E-state index >= 15 is 0 Å². The molecule has 0 fully saturated rings. The Hall–Kier alpha value is -4.01. The van der Waals surface area contributed by atoms with Crippen molar-refractivity contribution in [2.75, 3.05) is 0 Å². The number of pyridine rings is 1. The highest BCUT2D eigenvalue weighted by Gasteiger charge is 2.12. The van der Waals surface area contributed by atoms with E-state index in [0.717, 1.165) is 5.52 Å². The SMILES string of the molecule is c1ccc2c(c1)cc(-c1ccc(-c3cccc4sc5ccccc5c34)cc1)c1cccnc12. The molecule has 154 valence electrons. The van der Waals surface area contributed by atoms with E-state index < -0.39 is 0 Å². The summed E-state index contributed by atoms with van der Waals surface area (Å²) in [6.07, 6.45) is 1.88. The number of hydrogen-bond acceptors (Lipinski definition) is 2. The summed E-state index contributed by atoms with van der Waals surface area (Å²) >= 11 is 1.87. The van der Waals surface area contributed by atoms with Gasteiger partial charge in [-0.1, -0.05) is 84.9 Å². The number of rotatable bonds is 2. The Morgan fingerprint density at radius 3 is 2.09 bits per heavy atom. The van der Waals surface area contributed by atoms with Gasteiger partial charge in [0.05, 0.1) is 5.52 Å². The first-order valence-electron chi connectivity index (χ1n) is 11.1. The highest BCUT2D eigenvalue weighted by atomic mass is 32.1. The Kier molecular flexibility index (Phi) is 4.08. The van der Waals surface area contributed by atoms with Crippen LogP contribution in [0.4, 0.5) is 0 Å². The van der Waals surface area contributed by atoms with Crippen molar-refractivity contribution in [3.63, 3.8) is 0 Å². The highest BCUT2D eigenvalue weighted by Crippen LogP contribution is 2.40. The topological polar surface area (TPSA) is 12.9 Å². The van der Waals surface area contributed by atoms with Crippen molar-refractivity contribution in [3.05, 3.63) is 115 Å². The van der Waals surface area contributed by atoms with Gasteiger partial charge in [-0.25, -0.2) is 0 Å². The summed E-state index contributed by atoms with van der Waals surface area (Å²) in [5.41, 5.74) is 6.04. The number of nitrogens with zero attached hydrogens (tertiary/aromatic N) is 1. The minimum atomic E-state index is 1.06. The third-order valence-electron chi connectivity index (χ3n) is 6.52. The zero-order valence-electron chi connectivity index (χ0n) is 17.8. The van der Waals surface area contributed by atoms with Gasteiger partial charge in [0, 0.05) is 37.1 Å². The first-order valence-corrected chi connectivity index (χ1v) is 12.0. The van der Waals surface area contributed by atoms with Gasteiger partial charge in [0.1, 0.15) is 0 Å². The molecule has 7 rings (SSSR count). The van der Waals surface area contributed by atoms with Crippen molar-refractivity contribution in [3.8, 4) is 22.3 Å². The zero-order valence-corrected chi connectivity index (χ0v) is 18.6. The molecule has 0 bridgehead atoms. The average molecular weight is 438 g/mol. The van der Waals surface area contributed by atoms with E-state index in [1.165, 1.54) is 58.6 Å². The van der Waals surface area contributed by atoms with E-state index in [0.29, 0.717) is 0 Å². The summed E-state index contributed by atoms with van der Waals surface area (Å²) in [5, 5.41) is 6.30. The minimum Gasteiger partial charge on any atom is -0.256 e. The maximum Gasteiger partial charge on any atom is 0.0786 e. The Morgan fingerprint density at radius 1 is 0.515 bits per heavy atom. The zero-order chi connectivity index (χ0) is 21.8. The first kappa shape index (κ1) is 18.6. The van der Waals surface area contributed by atoms with Crippen LogP contribution in [0.15, 0.2) is 115 Å². The molecule has 2 heteroatoms. The summed E-state index contributed by atoms with van der Waals surface area (Å²) in [6, 6.07) is 39.4. The molecule has 33 heavy (non-hydrogen) atoms. The Labute approximate surface area is 195 Å². The molecule has 0 radical (unpaired) electrons. The van der Waals surface area contributed by atoms with E-state index in [9.17, 15) is 0 Å². The molecule has 1 nitrogen and oxygen atoms in total. The largest absolute Gasteiger partial charge is 0.256 e. The van der Waals surface area contributed by atoms with Crippen LogP contribution in [-0.2, 0) is 0 Å². The summed E-state index contributed by atoms with van der Waals surface area (Å²) in [6.45, 7) is 0. The standard InChI is InChI=1S/C31H19NS/c1-2-8-24-22(7-1)19-27(25-11-6-18-32-31(24)25)21-16-14-20(15-17-21)23-10-5-13-29-30(23)26-9-3-4-12-28(26)33-29/h1-19H. The van der Waals surface area contributed by atoms with Gasteiger partial charge in [-0.15, -0.1) is 11.3 Å². The minimum absolute atomic E-state index is 1.06. The second kappa shape index (κ2) is 7.26. The van der Waals surface area contributed by atoms with Gasteiger partial charge in [0.2, 0.25) is 0 Å². The monoisotopic (exact) mass is 437 g/mol. The van der Waals surface area contributed by atoms with Crippen LogP contribution in [0.5, 0.6) is 0 Å². The quantitative estimate of drug-likeness (QED) is 0.246. The first-order chi connectivity index (χ1) is 16.4. The molecular formula is C31H19NS. The van der Waals surface area contributed by atoms with Crippen molar-refractivity contribution in [1.82, 2.24) is 4.98 Å². The van der Waals surface area contributed by atoms with Crippen LogP contribution in [0, 0.1) is 0 Å². The summed E-state index contributed by atoms with van der Waals surface area (Å²) in [5.74, 6) is 0. The highest BCUT2D eigenvalue weighted by molar-refractivity contribution is 7.25. The average Bonchev–Trinajstić information content (AvgIpc) is 3.27. The molecular weight excluding hydrogens is 418 g/mol. The fourth-order valence-electron chi connectivity index (χ4n) is 4.99. The predicted octanol–water partition coefficient (Wildman–Crippen LogP) is 9.09. The van der Waals surface area contributed by atoms with E-state index in [2.05, 4.69) is 103 Å². The molecule has 2 heterocycles. The molecule has 0 N–H and O–H groups in total. The van der Waals surface area contributed by atoms with Crippen LogP contribution in [0.1, 0.15) is 0 Å². The van der Waals surface area contributed by atoms with Gasteiger partial charge in [0.15, 0.2) is 0 Å². The number of aromatic nitrogens is 1. The van der Waals surface area contributed by atoms with Gasteiger partial charge in [-0.2, -0.15) is 0 Å². The summed E-state index contributed by atoms with van der Waals surface area (Å²) in [7, 11) is 0. The van der Waals surface area contributed by atoms with Crippen LogP contribution in [0.25, 0.3) is 64.1 Å². The molecule has 0 spiro atoms. The second-order valence-corrected chi connectivity index (χ2v) is 9.48. The smallest absolute Gasteiger partial charge is 0.0786 e. The van der Waals surface area contributed by atoms with Crippen molar-refractivity contribution < 1.29 is 0 Å². The number of thiophene rings is 1. The molecule has 0 saturated carbocycles. The van der Waals surface area contributed by atoms with Crippen LogP contribution < -0.4 is 0 Å². The van der Waals surface area contributed by atoms with Gasteiger partial charge in [-0.3, -0.25) is 4.98 Å². The third kappa shape index (κ3) is 2.88. The van der Waals surface area contributed by atoms with Crippen molar-refractivity contribution in [2.45, 2.75) is 0 Å². The van der Waals surface area contributed by atoms with Crippen LogP contribution in [0.3, 0.4) is 0 Å². The predicted molar refractivity (Wildman–Crippen MR) is 143 cm³/mol. The maximum absolute atomic E-state index is 4.72. The molecule has 0 aliphatic rings. The van der Waals surface area contributed by atoms with Crippen LogP contribution >= 0.6 is 11.3 Å². The normalized spacial score (nSPS) is 11.6. The molecule has 0 unspecified atom stereocenters. The number of fused-ring (bicyclic) bond motifs is 6. The van der Waals surface area contributed by atoms with E-state index in [4.69, 9.17) is 4.98 Å². The molecule has 5 aromatic carbocycles. The maximum atomic E-state index is 4.72. The molecule has 0 aliphatic heterocycles. The van der Waals surface area contributed by atoms with Crippen LogP contribution in [0.2, 0.25) is 0 Å². The Morgan fingerprint density at radius 2 is 1.21 bits per heavy atom. The molecule has 0 saturated heterocycles. The lowest BCUT2D eigenvalue weighted by molar-refractivity contribution is 1.43. The lowest BCUT2D eigenvalue weighted by Crippen LogP contribution is -1.87. The fourth-order valence-corrected chi connectivity index (χ4v) is 6.12. The van der Waals surface area contributed by atoms with Crippen LogP contribution in [-0.4, -0.2) is 4.98 Å². The van der Waals surface area contributed by atoms with E-state index in [1.807, 2.05) is 23.6 Å². The lowest BCUT2D eigenvalue weighted by Gasteiger charge is -2.11. The molecule has 2 aromatic heterocycles. The Bertz CT molecular complexity index is 1810. The van der Waals surface area contributed by atoms with E-state index in [1.54, 1.807) is 0 Å². The Balaban J connectivity index is 1.42. The van der Waals surface area contributed by atoms with Gasteiger partial charge in [0.25, 0.3) is 0 Å². The van der Waals surface area contributed by atoms with Gasteiger partial charge < -0.3 is 0 Å². The van der Waals surface area contributed by atoms with Crippen molar-refractivity contribution in [1.29, 1.82) is 0 Å². The van der Waals surface area contributed by atoms with Crippen molar-refractivity contribution >= 4 is 53.2 Å². The third-order valence-corrected chi connectivity index (χ3v) is 7.66.